The van der Waals surface area contributed by atoms with Gasteiger partial charge in [-0.25, -0.2) is 8.42 Å². The Morgan fingerprint density at radius 1 is 0.833 bits per heavy atom. The van der Waals surface area contributed by atoms with Gasteiger partial charge in [-0.3, -0.25) is 4.79 Å². The van der Waals surface area contributed by atoms with Crippen LogP contribution in [0.5, 0.6) is 0 Å². The van der Waals surface area contributed by atoms with Gasteiger partial charge in [0.1, 0.15) is 0 Å². The third kappa shape index (κ3) is 4.91. The van der Waals surface area contributed by atoms with Crippen LogP contribution in [0.25, 0.3) is 0 Å². The molecule has 1 saturated carbocycles. The Kier molecular flexibility index (Phi) is 7.14. The number of sulfonamides is 1. The molecule has 1 amide bonds. The Hall–Kier alpha value is -1.40. The highest BCUT2D eigenvalue weighted by molar-refractivity contribution is 7.89. The summed E-state index contributed by atoms with van der Waals surface area (Å²) in [6, 6.07) is 7.67. The molecule has 0 N–H and O–H groups in total. The highest BCUT2D eigenvalue weighted by Gasteiger charge is 2.35. The van der Waals surface area contributed by atoms with E-state index in [1.165, 1.54) is 32.1 Å². The molecule has 4 rings (SSSR count). The van der Waals surface area contributed by atoms with Gasteiger partial charge in [-0.2, -0.15) is 4.31 Å². The van der Waals surface area contributed by atoms with Gasteiger partial charge in [-0.1, -0.05) is 37.8 Å². The van der Waals surface area contributed by atoms with Crippen LogP contribution in [0.1, 0.15) is 76.2 Å². The molecule has 2 heterocycles. The highest BCUT2D eigenvalue weighted by atomic mass is 32.2. The maximum absolute atomic E-state index is 12.9. The topological polar surface area (TPSA) is 57.7 Å². The summed E-state index contributed by atoms with van der Waals surface area (Å²) in [5.74, 6) is 0.979. The van der Waals surface area contributed by atoms with E-state index in [-0.39, 0.29) is 5.91 Å². The zero-order valence-corrected chi connectivity index (χ0v) is 18.9. The number of piperidine rings is 1. The number of likely N-dealkylation sites (tertiary alicyclic amines) is 1. The molecule has 1 aromatic carbocycles. The van der Waals surface area contributed by atoms with Crippen molar-refractivity contribution in [1.82, 2.24) is 9.21 Å². The van der Waals surface area contributed by atoms with Crippen LogP contribution in [0.3, 0.4) is 0 Å². The Balaban J connectivity index is 1.35. The molecule has 2 aliphatic heterocycles. The maximum atomic E-state index is 12.9. The van der Waals surface area contributed by atoms with Crippen molar-refractivity contribution < 1.29 is 13.2 Å². The van der Waals surface area contributed by atoms with Crippen LogP contribution in [-0.2, 0) is 21.2 Å². The summed E-state index contributed by atoms with van der Waals surface area (Å²) in [6.45, 7) is 2.15. The number of hydrogen-bond donors (Lipinski definition) is 0. The van der Waals surface area contributed by atoms with Gasteiger partial charge >= 0.3 is 0 Å². The zero-order valence-electron chi connectivity index (χ0n) is 18.1. The maximum Gasteiger partial charge on any atom is 0.243 e. The van der Waals surface area contributed by atoms with Crippen molar-refractivity contribution in [3.05, 3.63) is 29.8 Å². The van der Waals surface area contributed by atoms with E-state index in [0.717, 1.165) is 44.2 Å². The summed E-state index contributed by atoms with van der Waals surface area (Å²) in [6.07, 6.45) is 12.7. The van der Waals surface area contributed by atoms with Crippen molar-refractivity contribution in [2.45, 2.75) is 88.0 Å². The van der Waals surface area contributed by atoms with E-state index >= 15 is 0 Å². The molecule has 0 radical (unpaired) electrons. The van der Waals surface area contributed by atoms with Gasteiger partial charge in [0, 0.05) is 32.1 Å². The van der Waals surface area contributed by atoms with E-state index in [1.807, 2.05) is 12.1 Å². The first-order valence-electron chi connectivity index (χ1n) is 11.9. The summed E-state index contributed by atoms with van der Waals surface area (Å²) in [5, 5.41) is 0. The number of hydrogen-bond acceptors (Lipinski definition) is 3. The van der Waals surface area contributed by atoms with Crippen LogP contribution in [0.4, 0.5) is 0 Å². The molecule has 1 aliphatic carbocycles. The highest BCUT2D eigenvalue weighted by Crippen LogP contribution is 2.35. The molecule has 30 heavy (non-hydrogen) atoms. The summed E-state index contributed by atoms with van der Waals surface area (Å²) in [4.78, 5) is 15.4. The summed E-state index contributed by atoms with van der Waals surface area (Å²) in [5.41, 5.74) is 1.04. The number of carbonyl (C=O) groups is 1. The minimum atomic E-state index is -3.41. The average Bonchev–Trinajstić information content (AvgIpc) is 3.08. The van der Waals surface area contributed by atoms with Crippen LogP contribution >= 0.6 is 0 Å². The fourth-order valence-electron chi connectivity index (χ4n) is 5.59. The van der Waals surface area contributed by atoms with E-state index in [2.05, 4.69) is 4.90 Å². The fraction of sp³-hybridized carbons (Fsp3) is 0.708. The van der Waals surface area contributed by atoms with E-state index in [9.17, 15) is 13.2 Å². The predicted molar refractivity (Wildman–Crippen MR) is 119 cm³/mol. The standard InChI is InChI=1S/C24H36N2O3S/c27-24(26-19-7-9-21-8-3-4-10-23(21)26)16-13-20-11-14-22(15-12-20)30(28,29)25-17-5-1-2-6-18-25/h11-12,14-15,21,23H,1-10,13,16-19H2. The van der Waals surface area contributed by atoms with Crippen molar-refractivity contribution in [2.24, 2.45) is 5.92 Å². The zero-order chi connectivity index (χ0) is 21.0. The Labute approximate surface area is 181 Å². The van der Waals surface area contributed by atoms with Gasteiger partial charge in [0.2, 0.25) is 15.9 Å². The molecule has 2 unspecified atom stereocenters. The molecule has 0 bridgehead atoms. The van der Waals surface area contributed by atoms with Crippen molar-refractivity contribution in [1.29, 1.82) is 0 Å². The van der Waals surface area contributed by atoms with Gasteiger partial charge in [0.15, 0.2) is 0 Å². The first-order valence-corrected chi connectivity index (χ1v) is 13.4. The molecule has 3 aliphatic rings. The van der Waals surface area contributed by atoms with Gasteiger partial charge in [0.05, 0.1) is 4.90 Å². The van der Waals surface area contributed by atoms with E-state index in [1.54, 1.807) is 16.4 Å². The summed E-state index contributed by atoms with van der Waals surface area (Å²) < 4.78 is 27.5. The van der Waals surface area contributed by atoms with Gasteiger partial charge < -0.3 is 4.90 Å². The SMILES string of the molecule is O=C(CCc1ccc(S(=O)(=O)N2CCCCCC2)cc1)N1CCCC2CCCCC21. The summed E-state index contributed by atoms with van der Waals surface area (Å²) in [7, 11) is -3.41. The number of rotatable bonds is 5. The van der Waals surface area contributed by atoms with E-state index in [0.29, 0.717) is 42.8 Å². The molecule has 2 saturated heterocycles. The minimum absolute atomic E-state index is 0.271. The number of nitrogens with zero attached hydrogens (tertiary/aromatic N) is 2. The lowest BCUT2D eigenvalue weighted by Crippen LogP contribution is -2.49. The lowest BCUT2D eigenvalue weighted by atomic mass is 9.78. The van der Waals surface area contributed by atoms with Crippen LogP contribution < -0.4 is 0 Å². The lowest BCUT2D eigenvalue weighted by molar-refractivity contribution is -0.137. The van der Waals surface area contributed by atoms with Crippen molar-refractivity contribution in [3.8, 4) is 0 Å². The molecule has 0 aromatic heterocycles. The van der Waals surface area contributed by atoms with Gasteiger partial charge in [0.25, 0.3) is 0 Å². The third-order valence-electron chi connectivity index (χ3n) is 7.32. The Morgan fingerprint density at radius 2 is 1.50 bits per heavy atom. The predicted octanol–water partition coefficient (Wildman–Crippen LogP) is 4.37. The molecule has 166 valence electrons. The second-order valence-electron chi connectivity index (χ2n) is 9.30. The number of fused-ring (bicyclic) bond motifs is 1. The van der Waals surface area contributed by atoms with Crippen molar-refractivity contribution >= 4 is 15.9 Å². The number of carbonyl (C=O) groups excluding carboxylic acids is 1. The second kappa shape index (κ2) is 9.82. The van der Waals surface area contributed by atoms with Crippen molar-refractivity contribution in [2.75, 3.05) is 19.6 Å². The van der Waals surface area contributed by atoms with Crippen LogP contribution in [0.2, 0.25) is 0 Å². The van der Waals surface area contributed by atoms with Crippen molar-refractivity contribution in [3.63, 3.8) is 0 Å². The Morgan fingerprint density at radius 3 is 2.23 bits per heavy atom. The smallest absolute Gasteiger partial charge is 0.243 e. The number of benzene rings is 1. The monoisotopic (exact) mass is 432 g/mol. The lowest BCUT2D eigenvalue weighted by Gasteiger charge is -2.44. The molecular weight excluding hydrogens is 396 g/mol. The molecule has 3 fully saturated rings. The first-order chi connectivity index (χ1) is 14.6. The number of aryl methyl sites for hydroxylation is 1. The van der Waals surface area contributed by atoms with Gasteiger partial charge in [-0.15, -0.1) is 0 Å². The molecular formula is C24H36N2O3S. The van der Waals surface area contributed by atoms with Crippen LogP contribution in [0.15, 0.2) is 29.2 Å². The normalized spacial score (nSPS) is 26.1. The molecule has 6 heteroatoms. The quantitative estimate of drug-likeness (QED) is 0.694. The first kappa shape index (κ1) is 21.8. The minimum Gasteiger partial charge on any atom is -0.339 e. The Bertz CT molecular complexity index is 811. The fourth-order valence-corrected chi connectivity index (χ4v) is 7.11. The third-order valence-corrected chi connectivity index (χ3v) is 9.23. The number of amides is 1. The van der Waals surface area contributed by atoms with Crippen LogP contribution in [-0.4, -0.2) is 49.2 Å². The largest absolute Gasteiger partial charge is 0.339 e. The molecule has 0 spiro atoms. The summed E-state index contributed by atoms with van der Waals surface area (Å²) >= 11 is 0. The average molecular weight is 433 g/mol. The van der Waals surface area contributed by atoms with Gasteiger partial charge in [-0.05, 0) is 68.6 Å². The molecule has 5 nitrogen and oxygen atoms in total. The molecule has 2 atom stereocenters. The second-order valence-corrected chi connectivity index (χ2v) is 11.2. The van der Waals surface area contributed by atoms with Crippen LogP contribution in [0, 0.1) is 5.92 Å². The van der Waals surface area contributed by atoms with E-state index in [4.69, 9.17) is 0 Å². The molecule has 1 aromatic rings. The van der Waals surface area contributed by atoms with E-state index < -0.39 is 10.0 Å².